The number of furan rings is 1. The van der Waals surface area contributed by atoms with Gasteiger partial charge >= 0.3 is 0 Å². The van der Waals surface area contributed by atoms with Gasteiger partial charge in [-0.15, -0.1) is 0 Å². The lowest BCUT2D eigenvalue weighted by atomic mass is 10.1. The lowest BCUT2D eigenvalue weighted by Gasteiger charge is -2.08. The van der Waals surface area contributed by atoms with Gasteiger partial charge in [-0.25, -0.2) is 0 Å². The number of hydrogen-bond acceptors (Lipinski definition) is 3. The molecule has 0 aliphatic carbocycles. The van der Waals surface area contributed by atoms with Crippen LogP contribution >= 0.6 is 0 Å². The quantitative estimate of drug-likeness (QED) is 0.698. The molecule has 0 atom stereocenters. The Labute approximate surface area is 127 Å². The van der Waals surface area contributed by atoms with Crippen LogP contribution in [0.2, 0.25) is 0 Å². The highest BCUT2D eigenvalue weighted by Gasteiger charge is 2.07. The van der Waals surface area contributed by atoms with Crippen molar-refractivity contribution in [1.82, 2.24) is 5.32 Å². The maximum Gasteiger partial charge on any atom is 0.146 e. The predicted molar refractivity (Wildman–Crippen MR) is 85.5 cm³/mol. The van der Waals surface area contributed by atoms with E-state index in [1.807, 2.05) is 18.2 Å². The number of nitrogens with one attached hydrogen (secondary N) is 1. The van der Waals surface area contributed by atoms with Crippen LogP contribution in [0, 0.1) is 0 Å². The Kier molecular flexibility index (Phi) is 6.35. The van der Waals surface area contributed by atoms with Gasteiger partial charge in [-0.05, 0) is 43.1 Å². The first-order valence-electron chi connectivity index (χ1n) is 7.81. The summed E-state index contributed by atoms with van der Waals surface area (Å²) >= 11 is 0. The van der Waals surface area contributed by atoms with E-state index in [0.29, 0.717) is 6.61 Å². The Morgan fingerprint density at radius 2 is 1.86 bits per heavy atom. The molecule has 0 fully saturated rings. The minimum Gasteiger partial charge on any atom is -0.486 e. The van der Waals surface area contributed by atoms with Crippen molar-refractivity contribution in [1.29, 1.82) is 0 Å². The first-order chi connectivity index (χ1) is 10.3. The van der Waals surface area contributed by atoms with Crippen LogP contribution in [0.3, 0.4) is 0 Å². The van der Waals surface area contributed by atoms with E-state index in [-0.39, 0.29) is 0 Å². The largest absolute Gasteiger partial charge is 0.486 e. The van der Waals surface area contributed by atoms with Gasteiger partial charge in [0.05, 0.1) is 6.26 Å². The van der Waals surface area contributed by atoms with Crippen LogP contribution < -0.4 is 10.1 Å². The molecule has 0 amide bonds. The lowest BCUT2D eigenvalue weighted by Crippen LogP contribution is -2.14. The second-order valence-corrected chi connectivity index (χ2v) is 5.23. The summed E-state index contributed by atoms with van der Waals surface area (Å²) in [6.45, 7) is 6.68. The summed E-state index contributed by atoms with van der Waals surface area (Å²) in [7, 11) is 0. The Morgan fingerprint density at radius 1 is 1.05 bits per heavy atom. The van der Waals surface area contributed by atoms with E-state index in [4.69, 9.17) is 9.15 Å². The average Bonchev–Trinajstić information content (AvgIpc) is 2.95. The maximum absolute atomic E-state index is 5.81. The SMILES string of the molecule is CCCNCc1ccoc1COc1ccc(CCC)cc1. The summed E-state index contributed by atoms with van der Waals surface area (Å²) in [4.78, 5) is 0. The lowest BCUT2D eigenvalue weighted by molar-refractivity contribution is 0.268. The van der Waals surface area contributed by atoms with Gasteiger partial charge < -0.3 is 14.5 Å². The number of rotatable bonds is 9. The standard InChI is InChI=1S/C18H25NO2/c1-3-5-15-6-8-17(9-7-15)21-14-18-16(10-12-20-18)13-19-11-4-2/h6-10,12,19H,3-5,11,13-14H2,1-2H3. The van der Waals surface area contributed by atoms with Gasteiger partial charge in [-0.3, -0.25) is 0 Å². The van der Waals surface area contributed by atoms with Crippen molar-refractivity contribution < 1.29 is 9.15 Å². The highest BCUT2D eigenvalue weighted by molar-refractivity contribution is 5.27. The average molecular weight is 287 g/mol. The molecule has 0 spiro atoms. The minimum absolute atomic E-state index is 0.475. The van der Waals surface area contributed by atoms with E-state index in [9.17, 15) is 0 Å². The summed E-state index contributed by atoms with van der Waals surface area (Å²) in [5.74, 6) is 1.79. The summed E-state index contributed by atoms with van der Waals surface area (Å²) in [6.07, 6.45) is 5.15. The monoisotopic (exact) mass is 287 g/mol. The summed E-state index contributed by atoms with van der Waals surface area (Å²) < 4.78 is 11.3. The Bertz CT molecular complexity index is 516. The molecule has 0 aliphatic heterocycles. The summed E-state index contributed by atoms with van der Waals surface area (Å²) in [6, 6.07) is 10.3. The molecule has 0 saturated heterocycles. The van der Waals surface area contributed by atoms with Gasteiger partial charge in [0.2, 0.25) is 0 Å². The van der Waals surface area contributed by atoms with E-state index in [1.165, 1.54) is 17.5 Å². The minimum atomic E-state index is 0.475. The third kappa shape index (κ3) is 4.94. The Hall–Kier alpha value is -1.74. The van der Waals surface area contributed by atoms with Crippen LogP contribution in [-0.4, -0.2) is 6.54 Å². The van der Waals surface area contributed by atoms with E-state index in [2.05, 4.69) is 31.3 Å². The third-order valence-electron chi connectivity index (χ3n) is 3.41. The van der Waals surface area contributed by atoms with Crippen LogP contribution in [-0.2, 0) is 19.6 Å². The number of hydrogen-bond donors (Lipinski definition) is 1. The normalized spacial score (nSPS) is 10.8. The second kappa shape index (κ2) is 8.53. The molecule has 2 rings (SSSR count). The van der Waals surface area contributed by atoms with E-state index >= 15 is 0 Å². The van der Waals surface area contributed by atoms with Gasteiger partial charge in [-0.2, -0.15) is 0 Å². The summed E-state index contributed by atoms with van der Waals surface area (Å²) in [5, 5.41) is 3.38. The first-order valence-corrected chi connectivity index (χ1v) is 7.81. The molecule has 0 unspecified atom stereocenters. The highest BCUT2D eigenvalue weighted by Crippen LogP contribution is 2.17. The fourth-order valence-corrected chi connectivity index (χ4v) is 2.24. The molecule has 1 aromatic carbocycles. The second-order valence-electron chi connectivity index (χ2n) is 5.23. The van der Waals surface area contributed by atoms with Crippen molar-refractivity contribution in [3.05, 3.63) is 53.5 Å². The molecule has 0 bridgehead atoms. The number of aryl methyl sites for hydroxylation is 1. The van der Waals surface area contributed by atoms with Crippen molar-refractivity contribution in [3.8, 4) is 5.75 Å². The molecule has 0 radical (unpaired) electrons. The van der Waals surface area contributed by atoms with Crippen molar-refractivity contribution in [2.75, 3.05) is 6.54 Å². The molecule has 1 aromatic heterocycles. The van der Waals surface area contributed by atoms with Gasteiger partial charge in [0, 0.05) is 12.1 Å². The molecule has 0 aliphatic rings. The highest BCUT2D eigenvalue weighted by atomic mass is 16.5. The van der Waals surface area contributed by atoms with E-state index < -0.39 is 0 Å². The van der Waals surface area contributed by atoms with Gasteiger partial charge in [0.25, 0.3) is 0 Å². The molecule has 1 heterocycles. The first kappa shape index (κ1) is 15.6. The molecule has 3 nitrogen and oxygen atoms in total. The smallest absolute Gasteiger partial charge is 0.146 e. The molecule has 3 heteroatoms. The predicted octanol–water partition coefficient (Wildman–Crippen LogP) is 4.31. The van der Waals surface area contributed by atoms with Crippen molar-refractivity contribution >= 4 is 0 Å². The van der Waals surface area contributed by atoms with Crippen LogP contribution in [0.15, 0.2) is 41.0 Å². The zero-order valence-electron chi connectivity index (χ0n) is 13.0. The van der Waals surface area contributed by atoms with Crippen LogP contribution in [0.4, 0.5) is 0 Å². The van der Waals surface area contributed by atoms with Crippen LogP contribution in [0.5, 0.6) is 5.75 Å². The van der Waals surface area contributed by atoms with Crippen LogP contribution in [0.1, 0.15) is 43.6 Å². The fourth-order valence-electron chi connectivity index (χ4n) is 2.24. The fraction of sp³-hybridized carbons (Fsp3) is 0.444. The zero-order chi connectivity index (χ0) is 14.9. The van der Waals surface area contributed by atoms with E-state index in [0.717, 1.165) is 37.4 Å². The Morgan fingerprint density at radius 3 is 2.57 bits per heavy atom. The zero-order valence-corrected chi connectivity index (χ0v) is 13.0. The molecular weight excluding hydrogens is 262 g/mol. The molecule has 1 N–H and O–H groups in total. The molecule has 21 heavy (non-hydrogen) atoms. The molecule has 0 saturated carbocycles. The molecule has 2 aromatic rings. The summed E-state index contributed by atoms with van der Waals surface area (Å²) in [5.41, 5.74) is 2.53. The van der Waals surface area contributed by atoms with Gasteiger partial charge in [0.15, 0.2) is 0 Å². The molecular formula is C18H25NO2. The van der Waals surface area contributed by atoms with Gasteiger partial charge in [0.1, 0.15) is 18.1 Å². The Balaban J connectivity index is 1.86. The maximum atomic E-state index is 5.81. The van der Waals surface area contributed by atoms with Gasteiger partial charge in [-0.1, -0.05) is 32.4 Å². The molecule has 114 valence electrons. The number of ether oxygens (including phenoxy) is 1. The van der Waals surface area contributed by atoms with Crippen LogP contribution in [0.25, 0.3) is 0 Å². The van der Waals surface area contributed by atoms with E-state index in [1.54, 1.807) is 6.26 Å². The third-order valence-corrected chi connectivity index (χ3v) is 3.41. The van der Waals surface area contributed by atoms with Crippen molar-refractivity contribution in [3.63, 3.8) is 0 Å². The van der Waals surface area contributed by atoms with Crippen molar-refractivity contribution in [2.45, 2.75) is 46.3 Å². The van der Waals surface area contributed by atoms with Crippen molar-refractivity contribution in [2.24, 2.45) is 0 Å². The number of benzene rings is 1. The topological polar surface area (TPSA) is 34.4 Å².